The molecule has 1 saturated heterocycles. The number of amides is 2. The van der Waals surface area contributed by atoms with E-state index in [0.717, 1.165) is 0 Å². The third-order valence-electron chi connectivity index (χ3n) is 2.93. The predicted octanol–water partition coefficient (Wildman–Crippen LogP) is 2.06. The van der Waals surface area contributed by atoms with Gasteiger partial charge in [-0.05, 0) is 41.1 Å². The van der Waals surface area contributed by atoms with Crippen molar-refractivity contribution in [3.63, 3.8) is 0 Å². The number of piperazine rings is 1. The first kappa shape index (κ1) is 13.4. The molecule has 1 unspecified atom stereocenters. The number of benzene rings is 1. The summed E-state index contributed by atoms with van der Waals surface area (Å²) in [5, 5.41) is 3.28. The Morgan fingerprint density at radius 3 is 2.94 bits per heavy atom. The number of halogens is 2. The van der Waals surface area contributed by atoms with Gasteiger partial charge in [-0.15, -0.1) is 0 Å². The van der Waals surface area contributed by atoms with E-state index in [2.05, 4.69) is 21.2 Å². The molecule has 2 rings (SSSR count). The van der Waals surface area contributed by atoms with Crippen LogP contribution in [0.3, 0.4) is 0 Å². The molecule has 1 fully saturated rings. The molecule has 4 nitrogen and oxygen atoms in total. The molecule has 1 aromatic rings. The van der Waals surface area contributed by atoms with Crippen LogP contribution >= 0.6 is 27.5 Å². The van der Waals surface area contributed by atoms with E-state index in [1.807, 2.05) is 0 Å². The second-order valence-electron chi connectivity index (χ2n) is 4.09. The second kappa shape index (κ2) is 5.28. The molecule has 1 atom stereocenters. The molecule has 0 bridgehead atoms. The summed E-state index contributed by atoms with van der Waals surface area (Å²) >= 11 is 9.17. The first-order valence-corrected chi connectivity index (χ1v) is 6.71. The highest BCUT2D eigenvalue weighted by Crippen LogP contribution is 2.24. The van der Waals surface area contributed by atoms with Gasteiger partial charge < -0.3 is 10.2 Å². The van der Waals surface area contributed by atoms with Gasteiger partial charge in [-0.1, -0.05) is 11.6 Å². The molecular formula is C12H12BrClN2O2. The number of hydrogen-bond acceptors (Lipinski definition) is 2. The molecule has 2 amide bonds. The van der Waals surface area contributed by atoms with Crippen molar-refractivity contribution in [1.82, 2.24) is 10.2 Å². The number of carbonyl (C=O) groups excluding carboxylic acids is 2. The van der Waals surface area contributed by atoms with Crippen molar-refractivity contribution in [2.45, 2.75) is 13.0 Å². The quantitative estimate of drug-likeness (QED) is 0.856. The van der Waals surface area contributed by atoms with Crippen LogP contribution in [-0.2, 0) is 4.79 Å². The van der Waals surface area contributed by atoms with Crippen molar-refractivity contribution in [2.75, 3.05) is 13.1 Å². The van der Waals surface area contributed by atoms with E-state index in [-0.39, 0.29) is 11.8 Å². The van der Waals surface area contributed by atoms with Crippen molar-refractivity contribution in [3.8, 4) is 0 Å². The maximum absolute atomic E-state index is 12.3. The number of nitrogens with zero attached hydrogens (tertiary/aromatic N) is 1. The SMILES string of the molecule is CC1C(=O)NCCN1C(=O)c1ccc(Cl)c(Br)c1. The van der Waals surface area contributed by atoms with Gasteiger partial charge in [-0.25, -0.2) is 0 Å². The molecule has 0 saturated carbocycles. The molecule has 0 spiro atoms. The van der Waals surface area contributed by atoms with E-state index in [0.29, 0.717) is 28.1 Å². The minimum atomic E-state index is -0.444. The van der Waals surface area contributed by atoms with Crippen molar-refractivity contribution >= 4 is 39.3 Å². The normalized spacial score (nSPS) is 19.6. The summed E-state index contributed by atoms with van der Waals surface area (Å²) in [6, 6.07) is 4.55. The van der Waals surface area contributed by atoms with Gasteiger partial charge in [0.2, 0.25) is 5.91 Å². The molecule has 18 heavy (non-hydrogen) atoms. The third kappa shape index (κ3) is 2.52. The maximum atomic E-state index is 12.3. The molecule has 0 radical (unpaired) electrons. The molecule has 1 aromatic carbocycles. The average molecular weight is 332 g/mol. The Morgan fingerprint density at radius 1 is 1.56 bits per heavy atom. The summed E-state index contributed by atoms with van der Waals surface area (Å²) in [6.45, 7) is 2.73. The molecular weight excluding hydrogens is 320 g/mol. The molecule has 1 aliphatic heterocycles. The van der Waals surface area contributed by atoms with E-state index in [9.17, 15) is 9.59 Å². The van der Waals surface area contributed by atoms with Crippen molar-refractivity contribution in [1.29, 1.82) is 0 Å². The second-order valence-corrected chi connectivity index (χ2v) is 5.36. The molecule has 1 N–H and O–H groups in total. The van der Waals surface area contributed by atoms with Gasteiger partial charge >= 0.3 is 0 Å². The lowest BCUT2D eigenvalue weighted by atomic mass is 10.1. The number of carbonyl (C=O) groups is 2. The van der Waals surface area contributed by atoms with Crippen LogP contribution in [0.15, 0.2) is 22.7 Å². The van der Waals surface area contributed by atoms with Crippen LogP contribution in [0.1, 0.15) is 17.3 Å². The third-order valence-corrected chi connectivity index (χ3v) is 4.14. The van der Waals surface area contributed by atoms with E-state index >= 15 is 0 Å². The first-order valence-electron chi connectivity index (χ1n) is 5.54. The monoisotopic (exact) mass is 330 g/mol. The zero-order valence-electron chi connectivity index (χ0n) is 9.74. The summed E-state index contributed by atoms with van der Waals surface area (Å²) in [7, 11) is 0. The minimum Gasteiger partial charge on any atom is -0.353 e. The Balaban J connectivity index is 2.25. The fraction of sp³-hybridized carbons (Fsp3) is 0.333. The van der Waals surface area contributed by atoms with Gasteiger partial charge in [0, 0.05) is 23.1 Å². The van der Waals surface area contributed by atoms with Crippen LogP contribution in [0.5, 0.6) is 0 Å². The fourth-order valence-corrected chi connectivity index (χ4v) is 2.35. The average Bonchev–Trinajstić information content (AvgIpc) is 2.35. The van der Waals surface area contributed by atoms with E-state index in [1.54, 1.807) is 30.0 Å². The zero-order valence-corrected chi connectivity index (χ0v) is 12.1. The van der Waals surface area contributed by atoms with E-state index < -0.39 is 6.04 Å². The highest BCUT2D eigenvalue weighted by atomic mass is 79.9. The first-order chi connectivity index (χ1) is 8.50. The number of hydrogen-bond donors (Lipinski definition) is 1. The minimum absolute atomic E-state index is 0.123. The smallest absolute Gasteiger partial charge is 0.254 e. The topological polar surface area (TPSA) is 49.4 Å². The van der Waals surface area contributed by atoms with Gasteiger partial charge in [0.25, 0.3) is 5.91 Å². The lowest BCUT2D eigenvalue weighted by molar-refractivity contribution is -0.127. The summed E-state index contributed by atoms with van der Waals surface area (Å²) in [4.78, 5) is 25.4. The van der Waals surface area contributed by atoms with Crippen LogP contribution in [0.2, 0.25) is 5.02 Å². The predicted molar refractivity (Wildman–Crippen MR) is 72.7 cm³/mol. The van der Waals surface area contributed by atoms with Crippen LogP contribution < -0.4 is 5.32 Å². The van der Waals surface area contributed by atoms with Gasteiger partial charge in [0.05, 0.1) is 5.02 Å². The zero-order chi connectivity index (χ0) is 13.3. The molecule has 1 heterocycles. The Morgan fingerprint density at radius 2 is 2.28 bits per heavy atom. The highest BCUT2D eigenvalue weighted by molar-refractivity contribution is 9.10. The number of nitrogens with one attached hydrogen (secondary N) is 1. The molecule has 0 aromatic heterocycles. The lowest BCUT2D eigenvalue weighted by Gasteiger charge is -2.32. The Hall–Kier alpha value is -1.07. The van der Waals surface area contributed by atoms with Crippen molar-refractivity contribution in [2.24, 2.45) is 0 Å². The molecule has 0 aliphatic carbocycles. The van der Waals surface area contributed by atoms with Gasteiger partial charge in [0.1, 0.15) is 6.04 Å². The van der Waals surface area contributed by atoms with Crippen LogP contribution in [0.4, 0.5) is 0 Å². The van der Waals surface area contributed by atoms with Gasteiger partial charge in [0.15, 0.2) is 0 Å². The summed E-state index contributed by atoms with van der Waals surface area (Å²) in [5.74, 6) is -0.280. The molecule has 1 aliphatic rings. The number of rotatable bonds is 1. The Kier molecular flexibility index (Phi) is 3.92. The van der Waals surface area contributed by atoms with Crippen molar-refractivity contribution in [3.05, 3.63) is 33.3 Å². The molecule has 6 heteroatoms. The van der Waals surface area contributed by atoms with Gasteiger partial charge in [-0.3, -0.25) is 9.59 Å². The van der Waals surface area contributed by atoms with Gasteiger partial charge in [-0.2, -0.15) is 0 Å². The van der Waals surface area contributed by atoms with E-state index in [1.165, 1.54) is 0 Å². The van der Waals surface area contributed by atoms with E-state index in [4.69, 9.17) is 11.6 Å². The van der Waals surface area contributed by atoms with Crippen LogP contribution in [-0.4, -0.2) is 35.8 Å². The summed E-state index contributed by atoms with van der Waals surface area (Å²) in [6.07, 6.45) is 0. The fourth-order valence-electron chi connectivity index (χ4n) is 1.85. The summed E-state index contributed by atoms with van der Waals surface area (Å²) < 4.78 is 0.670. The summed E-state index contributed by atoms with van der Waals surface area (Å²) in [5.41, 5.74) is 0.521. The Bertz CT molecular complexity index is 507. The Labute approximate surface area is 118 Å². The maximum Gasteiger partial charge on any atom is 0.254 e. The lowest BCUT2D eigenvalue weighted by Crippen LogP contribution is -2.55. The largest absolute Gasteiger partial charge is 0.353 e. The highest BCUT2D eigenvalue weighted by Gasteiger charge is 2.29. The van der Waals surface area contributed by atoms with Crippen molar-refractivity contribution < 1.29 is 9.59 Å². The van der Waals surface area contributed by atoms with Crippen LogP contribution in [0, 0.1) is 0 Å². The molecule has 96 valence electrons. The standard InChI is InChI=1S/C12H12BrClN2O2/c1-7-11(17)15-4-5-16(7)12(18)8-2-3-10(14)9(13)6-8/h2-3,6-7H,4-5H2,1H3,(H,15,17). The van der Waals surface area contributed by atoms with Crippen LogP contribution in [0.25, 0.3) is 0 Å².